The number of carbonyl (C=O) groups excluding carboxylic acids is 1. The van der Waals surface area contributed by atoms with Gasteiger partial charge in [-0.05, 0) is 38.7 Å². The van der Waals surface area contributed by atoms with E-state index in [4.69, 9.17) is 14.5 Å². The molecule has 3 rings (SSSR count). The molecule has 6 heteroatoms. The molecule has 0 radical (unpaired) electrons. The molecule has 0 aliphatic heterocycles. The molecule has 1 aromatic heterocycles. The zero-order valence-electron chi connectivity index (χ0n) is 15.5. The molecule has 26 heavy (non-hydrogen) atoms. The first kappa shape index (κ1) is 18.9. The number of hydrogen-bond acceptors (Lipinski definition) is 5. The van der Waals surface area contributed by atoms with Crippen LogP contribution in [0, 0.1) is 0 Å². The van der Waals surface area contributed by atoms with E-state index in [1.165, 1.54) is 23.4 Å². The van der Waals surface area contributed by atoms with Crippen molar-refractivity contribution in [1.29, 1.82) is 0 Å². The van der Waals surface area contributed by atoms with Gasteiger partial charge in [0.25, 0.3) is 0 Å². The summed E-state index contributed by atoms with van der Waals surface area (Å²) in [5, 5.41) is 0.799. The lowest BCUT2D eigenvalue weighted by molar-refractivity contribution is -0.118. The number of rotatable bonds is 8. The van der Waals surface area contributed by atoms with Crippen molar-refractivity contribution in [3.05, 3.63) is 40.4 Å². The summed E-state index contributed by atoms with van der Waals surface area (Å²) in [6, 6.07) is 7.72. The van der Waals surface area contributed by atoms with E-state index in [0.717, 1.165) is 29.3 Å². The third kappa shape index (κ3) is 4.43. The van der Waals surface area contributed by atoms with Gasteiger partial charge in [0, 0.05) is 17.6 Å². The third-order valence-corrected chi connectivity index (χ3v) is 5.68. The maximum Gasteiger partial charge on any atom is 0.233 e. The molecule has 0 atom stereocenters. The molecule has 1 aromatic carbocycles. The van der Waals surface area contributed by atoms with Crippen LogP contribution in [0.25, 0.3) is 0 Å². The van der Waals surface area contributed by atoms with Gasteiger partial charge in [0.1, 0.15) is 5.75 Å². The SMILES string of the molecule is CCOc1ccccc1CC(=O)N(CCOC)c1nc2c(s1)CCCC2. The van der Waals surface area contributed by atoms with E-state index >= 15 is 0 Å². The van der Waals surface area contributed by atoms with Crippen LogP contribution in [-0.4, -0.2) is 37.8 Å². The highest BCUT2D eigenvalue weighted by molar-refractivity contribution is 7.16. The Hall–Kier alpha value is -1.92. The molecule has 0 unspecified atom stereocenters. The fourth-order valence-corrected chi connectivity index (χ4v) is 4.36. The Morgan fingerprint density at radius 1 is 1.27 bits per heavy atom. The van der Waals surface area contributed by atoms with E-state index in [-0.39, 0.29) is 5.91 Å². The molecular weight excluding hydrogens is 348 g/mol. The number of hydrogen-bond donors (Lipinski definition) is 0. The molecule has 1 aliphatic carbocycles. The standard InChI is InChI=1S/C20H26N2O3S/c1-3-25-17-10-6-4-8-15(17)14-19(23)22(12-13-24-2)20-21-16-9-5-7-11-18(16)26-20/h4,6,8,10H,3,5,7,9,11-14H2,1-2H3. The molecule has 0 saturated heterocycles. The van der Waals surface area contributed by atoms with Crippen LogP contribution in [0.1, 0.15) is 35.9 Å². The highest BCUT2D eigenvalue weighted by atomic mass is 32.1. The van der Waals surface area contributed by atoms with Crippen molar-refractivity contribution in [1.82, 2.24) is 4.98 Å². The maximum absolute atomic E-state index is 13.1. The fourth-order valence-electron chi connectivity index (χ4n) is 3.17. The maximum atomic E-state index is 13.1. The van der Waals surface area contributed by atoms with Gasteiger partial charge in [-0.25, -0.2) is 4.98 Å². The molecule has 0 bridgehead atoms. The van der Waals surface area contributed by atoms with Crippen molar-refractivity contribution in [3.8, 4) is 5.75 Å². The van der Waals surface area contributed by atoms with Gasteiger partial charge in [-0.3, -0.25) is 9.69 Å². The molecule has 140 valence electrons. The Bertz CT molecular complexity index is 721. The molecule has 0 N–H and O–H groups in total. The highest BCUT2D eigenvalue weighted by Gasteiger charge is 2.23. The zero-order chi connectivity index (χ0) is 18.4. The number of thiazole rings is 1. The Morgan fingerprint density at radius 3 is 2.85 bits per heavy atom. The van der Waals surface area contributed by atoms with Crippen LogP contribution < -0.4 is 9.64 Å². The molecule has 5 nitrogen and oxygen atoms in total. The van der Waals surface area contributed by atoms with E-state index in [0.29, 0.717) is 26.2 Å². The first-order valence-electron chi connectivity index (χ1n) is 9.21. The number of aryl methyl sites for hydroxylation is 2. The second-order valence-corrected chi connectivity index (χ2v) is 7.39. The summed E-state index contributed by atoms with van der Waals surface area (Å²) < 4.78 is 10.9. The predicted octanol–water partition coefficient (Wildman–Crippen LogP) is 3.64. The van der Waals surface area contributed by atoms with Crippen molar-refractivity contribution < 1.29 is 14.3 Å². The Balaban J connectivity index is 1.81. The minimum absolute atomic E-state index is 0.0281. The van der Waals surface area contributed by atoms with Crippen molar-refractivity contribution in [3.63, 3.8) is 0 Å². The summed E-state index contributed by atoms with van der Waals surface area (Å²) >= 11 is 1.65. The normalized spacial score (nSPS) is 13.3. The summed E-state index contributed by atoms with van der Waals surface area (Å²) in [7, 11) is 1.65. The van der Waals surface area contributed by atoms with Crippen molar-refractivity contribution >= 4 is 22.4 Å². The van der Waals surface area contributed by atoms with E-state index in [2.05, 4.69) is 0 Å². The van der Waals surface area contributed by atoms with Crippen LogP contribution in [0.4, 0.5) is 5.13 Å². The van der Waals surface area contributed by atoms with Crippen molar-refractivity contribution in [2.75, 3.05) is 31.8 Å². The quantitative estimate of drug-likeness (QED) is 0.708. The summed E-state index contributed by atoms with van der Waals surface area (Å²) in [5.41, 5.74) is 2.07. The molecule has 0 fully saturated rings. The lowest BCUT2D eigenvalue weighted by Gasteiger charge is -2.20. The summed E-state index contributed by atoms with van der Waals surface area (Å²) in [5.74, 6) is 0.800. The zero-order valence-corrected chi connectivity index (χ0v) is 16.3. The van der Waals surface area contributed by atoms with E-state index in [1.54, 1.807) is 23.3 Å². The third-order valence-electron chi connectivity index (χ3n) is 4.50. The minimum Gasteiger partial charge on any atom is -0.494 e. The number of ether oxygens (including phenoxy) is 2. The fraction of sp³-hybridized carbons (Fsp3) is 0.500. The number of benzene rings is 1. The molecule has 2 aromatic rings. The van der Waals surface area contributed by atoms with Crippen LogP contribution in [0.15, 0.2) is 24.3 Å². The molecular formula is C20H26N2O3S. The van der Waals surface area contributed by atoms with Gasteiger partial charge in [-0.15, -0.1) is 11.3 Å². The number of para-hydroxylation sites is 1. The molecule has 0 spiro atoms. The van der Waals surface area contributed by atoms with Crippen LogP contribution in [0.5, 0.6) is 5.75 Å². The minimum atomic E-state index is 0.0281. The van der Waals surface area contributed by atoms with Gasteiger partial charge in [0.05, 0.1) is 31.9 Å². The lowest BCUT2D eigenvalue weighted by atomic mass is 10.0. The summed E-state index contributed by atoms with van der Waals surface area (Å²) in [6.07, 6.45) is 4.79. The average Bonchev–Trinajstić information content (AvgIpc) is 3.07. The summed E-state index contributed by atoms with van der Waals surface area (Å²) in [4.78, 5) is 20.9. The Kier molecular flexibility index (Phi) is 6.63. The molecule has 1 amide bonds. The Labute approximate surface area is 159 Å². The van der Waals surface area contributed by atoms with Gasteiger partial charge < -0.3 is 9.47 Å². The van der Waals surface area contributed by atoms with Gasteiger partial charge in [0.15, 0.2) is 5.13 Å². The van der Waals surface area contributed by atoms with Crippen LogP contribution in [0.2, 0.25) is 0 Å². The number of amides is 1. The van der Waals surface area contributed by atoms with Crippen LogP contribution in [-0.2, 0) is 28.8 Å². The van der Waals surface area contributed by atoms with Gasteiger partial charge in [-0.2, -0.15) is 0 Å². The molecule has 1 heterocycles. The largest absolute Gasteiger partial charge is 0.494 e. The first-order valence-corrected chi connectivity index (χ1v) is 10.0. The van der Waals surface area contributed by atoms with Gasteiger partial charge in [-0.1, -0.05) is 18.2 Å². The molecule has 0 saturated carbocycles. The number of aromatic nitrogens is 1. The number of carbonyl (C=O) groups is 1. The topological polar surface area (TPSA) is 51.7 Å². The Morgan fingerprint density at radius 2 is 2.08 bits per heavy atom. The first-order chi connectivity index (χ1) is 12.7. The second kappa shape index (κ2) is 9.14. The van der Waals surface area contributed by atoms with Gasteiger partial charge in [0.2, 0.25) is 5.91 Å². The number of methoxy groups -OCH3 is 1. The predicted molar refractivity (Wildman–Crippen MR) is 104 cm³/mol. The highest BCUT2D eigenvalue weighted by Crippen LogP contribution is 2.32. The average molecular weight is 375 g/mol. The van der Waals surface area contributed by atoms with E-state index < -0.39 is 0 Å². The van der Waals surface area contributed by atoms with E-state index in [1.807, 2.05) is 31.2 Å². The second-order valence-electron chi connectivity index (χ2n) is 6.33. The summed E-state index contributed by atoms with van der Waals surface area (Å²) in [6.45, 7) is 3.53. The van der Waals surface area contributed by atoms with Crippen molar-refractivity contribution in [2.45, 2.75) is 39.0 Å². The smallest absolute Gasteiger partial charge is 0.233 e. The van der Waals surface area contributed by atoms with Crippen molar-refractivity contribution in [2.24, 2.45) is 0 Å². The molecule has 1 aliphatic rings. The van der Waals surface area contributed by atoms with Crippen LogP contribution in [0.3, 0.4) is 0 Å². The number of nitrogens with zero attached hydrogens (tertiary/aromatic N) is 2. The lowest BCUT2D eigenvalue weighted by Crippen LogP contribution is -2.35. The van der Waals surface area contributed by atoms with Gasteiger partial charge >= 0.3 is 0 Å². The van der Waals surface area contributed by atoms with Crippen LogP contribution >= 0.6 is 11.3 Å². The number of anilines is 1. The van der Waals surface area contributed by atoms with E-state index in [9.17, 15) is 4.79 Å². The number of fused-ring (bicyclic) bond motifs is 1. The monoisotopic (exact) mass is 374 g/mol.